The van der Waals surface area contributed by atoms with Crippen LogP contribution in [0.15, 0.2) is 97.1 Å². The number of fused-ring (bicyclic) bond motifs is 1. The van der Waals surface area contributed by atoms with Gasteiger partial charge in [-0.15, -0.1) is 0 Å². The van der Waals surface area contributed by atoms with Crippen molar-refractivity contribution in [3.05, 3.63) is 114 Å². The van der Waals surface area contributed by atoms with Crippen molar-refractivity contribution < 1.29 is 24.3 Å². The second-order valence-electron chi connectivity index (χ2n) is 10.9. The van der Waals surface area contributed by atoms with Gasteiger partial charge in [0.2, 0.25) is 11.8 Å². The largest absolute Gasteiger partial charge is 0.474 e. The Morgan fingerprint density at radius 1 is 0.909 bits per heavy atom. The summed E-state index contributed by atoms with van der Waals surface area (Å²) in [6, 6.07) is 29.2. The van der Waals surface area contributed by atoms with Crippen LogP contribution in [-0.4, -0.2) is 58.2 Å². The van der Waals surface area contributed by atoms with Gasteiger partial charge in [0.05, 0.1) is 0 Å². The maximum Gasteiger partial charge on any atom is 0.394 e. The average Bonchev–Trinajstić information content (AvgIpc) is 3.46. The SMILES string of the molecule is O=C(C=Cc1cc(-c2cccc3ccccc23)ccc1CN(Cc1ccccc1)C(=O)C(=O)O)NCCCN1CCCC1=O. The number of carboxylic acid groups (broad SMARTS) is 1. The zero-order valence-corrected chi connectivity index (χ0v) is 24.4. The fourth-order valence-electron chi connectivity index (χ4n) is 5.53. The van der Waals surface area contributed by atoms with Crippen LogP contribution >= 0.6 is 0 Å². The first-order chi connectivity index (χ1) is 21.4. The third-order valence-corrected chi connectivity index (χ3v) is 7.78. The minimum Gasteiger partial charge on any atom is -0.474 e. The molecule has 0 atom stereocenters. The number of nitrogens with one attached hydrogen (secondary N) is 1. The molecule has 1 aliphatic rings. The number of hydrogen-bond donors (Lipinski definition) is 2. The maximum absolute atomic E-state index is 12.8. The number of rotatable bonds is 11. The molecule has 2 N–H and O–H groups in total. The Hall–Kier alpha value is -5.24. The van der Waals surface area contributed by atoms with E-state index < -0.39 is 11.9 Å². The molecule has 0 saturated carbocycles. The van der Waals surface area contributed by atoms with Crippen LogP contribution in [-0.2, 0) is 32.3 Å². The second kappa shape index (κ2) is 14.3. The number of carbonyl (C=O) groups is 4. The summed E-state index contributed by atoms with van der Waals surface area (Å²) in [5, 5.41) is 14.6. The van der Waals surface area contributed by atoms with E-state index >= 15 is 0 Å². The molecule has 4 aromatic carbocycles. The standard InChI is InChI=1S/C36H35N3O5/c40-33(37-20-8-22-38-21-7-15-34(38)41)19-18-28-23-29(32-14-6-12-27-11-4-5-13-31(27)32)16-17-30(28)25-39(35(42)36(43)44)24-26-9-2-1-3-10-26/h1-6,9-14,16-19,23H,7-8,15,20-22,24-25H2,(H,37,40)(H,43,44). The van der Waals surface area contributed by atoms with Crippen LogP contribution in [0.4, 0.5) is 0 Å². The quantitative estimate of drug-likeness (QED) is 0.141. The van der Waals surface area contributed by atoms with Crippen molar-refractivity contribution in [1.29, 1.82) is 0 Å². The van der Waals surface area contributed by atoms with Crippen LogP contribution < -0.4 is 5.32 Å². The summed E-state index contributed by atoms with van der Waals surface area (Å²) in [7, 11) is 0. The lowest BCUT2D eigenvalue weighted by atomic mass is 9.94. The van der Waals surface area contributed by atoms with Gasteiger partial charge >= 0.3 is 11.9 Å². The highest BCUT2D eigenvalue weighted by atomic mass is 16.4. The predicted molar refractivity (Wildman–Crippen MR) is 170 cm³/mol. The van der Waals surface area contributed by atoms with E-state index in [2.05, 4.69) is 23.5 Å². The minimum absolute atomic E-state index is 0.0427. The zero-order valence-electron chi connectivity index (χ0n) is 24.4. The number of carbonyl (C=O) groups excluding carboxylic acids is 3. The fourth-order valence-corrected chi connectivity index (χ4v) is 5.53. The molecule has 3 amide bonds. The summed E-state index contributed by atoms with van der Waals surface area (Å²) in [5.74, 6) is -2.64. The molecule has 1 heterocycles. The van der Waals surface area contributed by atoms with E-state index in [1.165, 1.54) is 11.0 Å². The molecule has 8 nitrogen and oxygen atoms in total. The van der Waals surface area contributed by atoms with Gasteiger partial charge in [0, 0.05) is 45.2 Å². The first kappa shape index (κ1) is 30.2. The molecule has 44 heavy (non-hydrogen) atoms. The summed E-state index contributed by atoms with van der Waals surface area (Å²) in [6.07, 6.45) is 5.30. The van der Waals surface area contributed by atoms with Crippen molar-refractivity contribution >= 4 is 40.5 Å². The average molecular weight is 590 g/mol. The van der Waals surface area contributed by atoms with Crippen molar-refractivity contribution in [2.45, 2.75) is 32.4 Å². The number of carboxylic acids is 1. The summed E-state index contributed by atoms with van der Waals surface area (Å²) < 4.78 is 0. The number of amides is 3. The lowest BCUT2D eigenvalue weighted by Crippen LogP contribution is -2.35. The molecule has 0 radical (unpaired) electrons. The Labute approximate surface area is 256 Å². The topological polar surface area (TPSA) is 107 Å². The van der Waals surface area contributed by atoms with Crippen molar-refractivity contribution in [3.8, 4) is 11.1 Å². The predicted octanol–water partition coefficient (Wildman–Crippen LogP) is 5.26. The molecular formula is C36H35N3O5. The summed E-state index contributed by atoms with van der Waals surface area (Å²) in [5.41, 5.74) is 4.16. The fraction of sp³-hybridized carbons (Fsp3) is 0.222. The third-order valence-electron chi connectivity index (χ3n) is 7.78. The second-order valence-corrected chi connectivity index (χ2v) is 10.9. The third kappa shape index (κ3) is 7.58. The molecule has 1 fully saturated rings. The van der Waals surface area contributed by atoms with E-state index in [9.17, 15) is 24.3 Å². The van der Waals surface area contributed by atoms with E-state index in [0.717, 1.165) is 40.4 Å². The molecule has 1 aliphatic heterocycles. The van der Waals surface area contributed by atoms with Crippen LogP contribution in [0, 0.1) is 0 Å². The number of nitrogens with zero attached hydrogens (tertiary/aromatic N) is 2. The van der Waals surface area contributed by atoms with Crippen LogP contribution in [0.5, 0.6) is 0 Å². The molecule has 1 saturated heterocycles. The van der Waals surface area contributed by atoms with Gasteiger partial charge in [-0.05, 0) is 63.6 Å². The van der Waals surface area contributed by atoms with E-state index in [4.69, 9.17) is 0 Å². The van der Waals surface area contributed by atoms with Crippen molar-refractivity contribution in [1.82, 2.24) is 15.1 Å². The van der Waals surface area contributed by atoms with E-state index in [-0.39, 0.29) is 24.9 Å². The van der Waals surface area contributed by atoms with Gasteiger partial charge < -0.3 is 20.2 Å². The van der Waals surface area contributed by atoms with Gasteiger partial charge in [-0.2, -0.15) is 0 Å². The van der Waals surface area contributed by atoms with E-state index in [1.807, 2.05) is 77.7 Å². The van der Waals surface area contributed by atoms with Crippen molar-refractivity contribution in [2.24, 2.45) is 0 Å². The molecule has 0 aliphatic carbocycles. The summed E-state index contributed by atoms with van der Waals surface area (Å²) in [6.45, 7) is 2.00. The molecule has 0 aromatic heterocycles. The van der Waals surface area contributed by atoms with Gasteiger partial charge in [0.1, 0.15) is 0 Å². The molecule has 5 rings (SSSR count). The molecule has 0 bridgehead atoms. The van der Waals surface area contributed by atoms with Gasteiger partial charge in [-0.1, -0.05) is 84.9 Å². The highest BCUT2D eigenvalue weighted by molar-refractivity contribution is 6.31. The van der Waals surface area contributed by atoms with E-state index in [1.54, 1.807) is 6.08 Å². The lowest BCUT2D eigenvalue weighted by Gasteiger charge is -2.22. The molecule has 8 heteroatoms. The highest BCUT2D eigenvalue weighted by Crippen LogP contribution is 2.31. The minimum atomic E-state index is -1.53. The summed E-state index contributed by atoms with van der Waals surface area (Å²) in [4.78, 5) is 52.2. The lowest BCUT2D eigenvalue weighted by molar-refractivity contribution is -0.156. The Balaban J connectivity index is 1.40. The first-order valence-corrected chi connectivity index (χ1v) is 14.8. The van der Waals surface area contributed by atoms with Crippen LogP contribution in [0.1, 0.15) is 36.0 Å². The van der Waals surface area contributed by atoms with Crippen molar-refractivity contribution in [2.75, 3.05) is 19.6 Å². The zero-order chi connectivity index (χ0) is 30.9. The Morgan fingerprint density at radius 3 is 2.45 bits per heavy atom. The van der Waals surface area contributed by atoms with Gasteiger partial charge in [-0.3, -0.25) is 14.4 Å². The maximum atomic E-state index is 12.8. The van der Waals surface area contributed by atoms with E-state index in [0.29, 0.717) is 37.1 Å². The van der Waals surface area contributed by atoms with Crippen LogP contribution in [0.2, 0.25) is 0 Å². The molecule has 0 unspecified atom stereocenters. The Kier molecular flexibility index (Phi) is 9.81. The Bertz CT molecular complexity index is 1690. The molecule has 224 valence electrons. The molecular weight excluding hydrogens is 554 g/mol. The number of hydrogen-bond acceptors (Lipinski definition) is 4. The smallest absolute Gasteiger partial charge is 0.394 e. The monoisotopic (exact) mass is 589 g/mol. The Morgan fingerprint density at radius 2 is 1.68 bits per heavy atom. The molecule has 0 spiro atoms. The first-order valence-electron chi connectivity index (χ1n) is 14.8. The molecule has 4 aromatic rings. The number of likely N-dealkylation sites (tertiary alicyclic amines) is 1. The van der Waals surface area contributed by atoms with Gasteiger partial charge in [-0.25, -0.2) is 4.79 Å². The normalized spacial score (nSPS) is 13.0. The van der Waals surface area contributed by atoms with Crippen molar-refractivity contribution in [3.63, 3.8) is 0 Å². The van der Waals surface area contributed by atoms with Crippen LogP contribution in [0.3, 0.4) is 0 Å². The highest BCUT2D eigenvalue weighted by Gasteiger charge is 2.23. The summed E-state index contributed by atoms with van der Waals surface area (Å²) >= 11 is 0. The van der Waals surface area contributed by atoms with Gasteiger partial charge in [0.15, 0.2) is 0 Å². The van der Waals surface area contributed by atoms with Crippen LogP contribution in [0.25, 0.3) is 28.0 Å². The van der Waals surface area contributed by atoms with Gasteiger partial charge in [0.25, 0.3) is 0 Å². The number of benzene rings is 4. The number of aliphatic carboxylic acids is 1.